The van der Waals surface area contributed by atoms with Crippen molar-refractivity contribution in [3.8, 4) is 5.75 Å². The predicted molar refractivity (Wildman–Crippen MR) is 121 cm³/mol. The van der Waals surface area contributed by atoms with Crippen molar-refractivity contribution in [3.05, 3.63) is 65.7 Å². The van der Waals surface area contributed by atoms with Crippen molar-refractivity contribution in [1.82, 2.24) is 9.80 Å². The van der Waals surface area contributed by atoms with Crippen molar-refractivity contribution in [2.24, 2.45) is 11.3 Å². The zero-order chi connectivity index (χ0) is 24.3. The topological polar surface area (TPSA) is 49.9 Å². The Kier molecular flexibility index (Phi) is 6.98. The lowest BCUT2D eigenvalue weighted by molar-refractivity contribution is -0.224. The number of Topliss-reactive ketones (excluding diaryl/α,β-unsaturated/α-hetero) is 1. The Bertz CT molecular complexity index is 1000. The van der Waals surface area contributed by atoms with Crippen LogP contribution in [0.2, 0.25) is 0 Å². The van der Waals surface area contributed by atoms with Crippen molar-refractivity contribution in [1.29, 1.82) is 0 Å². The molecule has 0 bridgehead atoms. The van der Waals surface area contributed by atoms with Gasteiger partial charge in [-0.25, -0.2) is 0 Å². The maximum Gasteiger partial charge on any atom is 0.404 e. The van der Waals surface area contributed by atoms with Crippen molar-refractivity contribution in [2.75, 3.05) is 33.3 Å². The minimum atomic E-state index is -4.63. The van der Waals surface area contributed by atoms with Crippen LogP contribution in [0.3, 0.4) is 0 Å². The summed E-state index contributed by atoms with van der Waals surface area (Å²) in [7, 11) is 1.54. The van der Waals surface area contributed by atoms with Gasteiger partial charge in [-0.2, -0.15) is 13.2 Å². The van der Waals surface area contributed by atoms with Crippen LogP contribution < -0.4 is 4.74 Å². The number of hydrogen-bond donors (Lipinski definition) is 0. The third-order valence-corrected chi connectivity index (χ3v) is 7.08. The molecule has 4 rings (SSSR count). The molecule has 34 heavy (non-hydrogen) atoms. The minimum absolute atomic E-state index is 0.0461. The summed E-state index contributed by atoms with van der Waals surface area (Å²) in [6, 6.07) is 16.1. The second-order valence-electron chi connectivity index (χ2n) is 9.19. The number of halogens is 3. The van der Waals surface area contributed by atoms with E-state index in [1.807, 2.05) is 30.3 Å². The Morgan fingerprint density at radius 2 is 1.65 bits per heavy atom. The molecule has 0 spiro atoms. The van der Waals surface area contributed by atoms with Crippen LogP contribution in [0.25, 0.3) is 0 Å². The summed E-state index contributed by atoms with van der Waals surface area (Å²) in [5.74, 6) is -0.564. The van der Waals surface area contributed by atoms with Gasteiger partial charge in [-0.3, -0.25) is 14.5 Å². The molecule has 0 aliphatic carbocycles. The van der Waals surface area contributed by atoms with Gasteiger partial charge in [0.1, 0.15) is 5.75 Å². The summed E-state index contributed by atoms with van der Waals surface area (Å²) < 4.78 is 48.0. The number of alkyl halides is 3. The molecular weight excluding hydrogens is 445 g/mol. The average molecular weight is 475 g/mol. The molecule has 1 unspecified atom stereocenters. The van der Waals surface area contributed by atoms with Gasteiger partial charge in [0.2, 0.25) is 5.91 Å². The molecule has 2 saturated heterocycles. The molecule has 182 valence electrons. The van der Waals surface area contributed by atoms with Gasteiger partial charge in [-0.15, -0.1) is 0 Å². The molecule has 8 heteroatoms. The van der Waals surface area contributed by atoms with Crippen LogP contribution in [0.5, 0.6) is 5.75 Å². The fraction of sp³-hybridized carbons (Fsp3) is 0.462. The number of benzene rings is 2. The second kappa shape index (κ2) is 9.78. The van der Waals surface area contributed by atoms with Crippen LogP contribution in [0.1, 0.15) is 35.2 Å². The number of methoxy groups -OCH3 is 1. The van der Waals surface area contributed by atoms with E-state index in [0.717, 1.165) is 5.56 Å². The van der Waals surface area contributed by atoms with E-state index in [0.29, 0.717) is 30.7 Å². The zero-order valence-corrected chi connectivity index (χ0v) is 19.2. The maximum absolute atomic E-state index is 14.3. The fourth-order valence-electron chi connectivity index (χ4n) is 5.03. The number of rotatable bonds is 6. The highest BCUT2D eigenvalue weighted by Gasteiger charge is 2.64. The molecule has 2 aliphatic rings. The third-order valence-electron chi connectivity index (χ3n) is 7.08. The summed E-state index contributed by atoms with van der Waals surface area (Å²) >= 11 is 0. The molecule has 2 heterocycles. The molecule has 1 amide bonds. The summed E-state index contributed by atoms with van der Waals surface area (Å²) in [4.78, 5) is 29.1. The summed E-state index contributed by atoms with van der Waals surface area (Å²) in [5.41, 5.74) is -0.926. The van der Waals surface area contributed by atoms with Gasteiger partial charge in [0, 0.05) is 37.7 Å². The highest BCUT2D eigenvalue weighted by Crippen LogP contribution is 2.47. The van der Waals surface area contributed by atoms with Gasteiger partial charge in [-0.1, -0.05) is 30.3 Å². The first-order valence-electron chi connectivity index (χ1n) is 11.5. The third kappa shape index (κ3) is 4.82. The molecule has 5 nitrogen and oxygen atoms in total. The first-order valence-corrected chi connectivity index (χ1v) is 11.5. The monoisotopic (exact) mass is 474 g/mol. The molecule has 2 aromatic carbocycles. The number of ether oxygens (including phenoxy) is 1. The molecule has 0 saturated carbocycles. The smallest absolute Gasteiger partial charge is 0.404 e. The average Bonchev–Trinajstić information content (AvgIpc) is 3.29. The number of ketones is 1. The van der Waals surface area contributed by atoms with Crippen LogP contribution in [0.4, 0.5) is 13.2 Å². The van der Waals surface area contributed by atoms with E-state index in [4.69, 9.17) is 4.74 Å². The van der Waals surface area contributed by atoms with Crippen molar-refractivity contribution < 1.29 is 27.5 Å². The SMILES string of the molecule is COc1ccc(C(=O)C2CCN(C(=O)C3(C(F)(F)F)CCN(Cc4ccccc4)C3)CC2)cc1. The van der Waals surface area contributed by atoms with Gasteiger partial charge in [-0.05, 0) is 55.6 Å². The van der Waals surface area contributed by atoms with Crippen LogP contribution in [-0.4, -0.2) is 61.0 Å². The molecule has 2 aliphatic heterocycles. The normalized spacial score (nSPS) is 22.1. The van der Waals surface area contributed by atoms with E-state index in [1.165, 1.54) is 4.90 Å². The Morgan fingerprint density at radius 1 is 1.00 bits per heavy atom. The molecule has 0 aromatic heterocycles. The molecule has 1 atom stereocenters. The fourth-order valence-corrected chi connectivity index (χ4v) is 5.03. The van der Waals surface area contributed by atoms with E-state index in [9.17, 15) is 22.8 Å². The first-order chi connectivity index (χ1) is 16.2. The van der Waals surface area contributed by atoms with Crippen molar-refractivity contribution >= 4 is 11.7 Å². The van der Waals surface area contributed by atoms with E-state index < -0.39 is 17.5 Å². The molecule has 0 radical (unpaired) electrons. The molecule has 2 fully saturated rings. The maximum atomic E-state index is 14.3. The Hall–Kier alpha value is -2.87. The second-order valence-corrected chi connectivity index (χ2v) is 9.19. The van der Waals surface area contributed by atoms with Crippen molar-refractivity contribution in [2.45, 2.75) is 32.0 Å². The number of amides is 1. The number of likely N-dealkylation sites (tertiary alicyclic amines) is 2. The zero-order valence-electron chi connectivity index (χ0n) is 19.2. The van der Waals surface area contributed by atoms with Gasteiger partial charge in [0.15, 0.2) is 11.2 Å². The summed E-state index contributed by atoms with van der Waals surface area (Å²) in [6.07, 6.45) is -4.16. The lowest BCUT2D eigenvalue weighted by Crippen LogP contribution is -2.55. The predicted octanol–water partition coefficient (Wildman–Crippen LogP) is 4.57. The number of piperidine rings is 1. The highest BCUT2D eigenvalue weighted by atomic mass is 19.4. The van der Waals surface area contributed by atoms with Gasteiger partial charge in [0.05, 0.1) is 7.11 Å². The van der Waals surface area contributed by atoms with Crippen LogP contribution in [0, 0.1) is 11.3 Å². The highest BCUT2D eigenvalue weighted by molar-refractivity contribution is 5.98. The number of carbonyl (C=O) groups excluding carboxylic acids is 2. The summed E-state index contributed by atoms with van der Waals surface area (Å²) in [6.45, 7) is 0.565. The van der Waals surface area contributed by atoms with Gasteiger partial charge in [0.25, 0.3) is 0 Å². The van der Waals surface area contributed by atoms with E-state index in [-0.39, 0.29) is 44.3 Å². The quantitative estimate of drug-likeness (QED) is 0.576. The van der Waals surface area contributed by atoms with E-state index >= 15 is 0 Å². The lowest BCUT2D eigenvalue weighted by atomic mass is 9.82. The largest absolute Gasteiger partial charge is 0.497 e. The minimum Gasteiger partial charge on any atom is -0.497 e. The van der Waals surface area contributed by atoms with E-state index in [2.05, 4.69) is 0 Å². The standard InChI is InChI=1S/C26H29F3N2O3/c1-34-22-9-7-20(8-10-22)23(32)21-11-14-31(15-12-21)24(33)25(26(27,28)29)13-16-30(18-25)17-19-5-3-2-4-6-19/h2-10,21H,11-18H2,1H3. The number of hydrogen-bond acceptors (Lipinski definition) is 4. The first kappa shape index (κ1) is 24.3. The van der Waals surface area contributed by atoms with Gasteiger partial charge < -0.3 is 9.64 Å². The molecular formula is C26H29F3N2O3. The van der Waals surface area contributed by atoms with Crippen LogP contribution >= 0.6 is 0 Å². The lowest BCUT2D eigenvalue weighted by Gasteiger charge is -2.39. The van der Waals surface area contributed by atoms with Crippen LogP contribution in [-0.2, 0) is 11.3 Å². The van der Waals surface area contributed by atoms with Gasteiger partial charge >= 0.3 is 6.18 Å². The molecule has 2 aromatic rings. The molecule has 0 N–H and O–H groups in total. The van der Waals surface area contributed by atoms with Crippen LogP contribution in [0.15, 0.2) is 54.6 Å². The number of carbonyl (C=O) groups is 2. The Morgan fingerprint density at radius 3 is 2.24 bits per heavy atom. The van der Waals surface area contributed by atoms with Crippen molar-refractivity contribution in [3.63, 3.8) is 0 Å². The number of nitrogens with zero attached hydrogens (tertiary/aromatic N) is 2. The van der Waals surface area contributed by atoms with E-state index in [1.54, 1.807) is 36.3 Å². The summed E-state index contributed by atoms with van der Waals surface area (Å²) in [5, 5.41) is 0. The Balaban J connectivity index is 1.41. The Labute approximate surface area is 197 Å².